The number of fused-ring (bicyclic) bond motifs is 2. The molecule has 5 aromatic heterocycles. The number of hydrogen-bond donors (Lipinski definition) is 4. The molecule has 6 aromatic rings. The van der Waals surface area contributed by atoms with Crippen molar-refractivity contribution in [2.45, 2.75) is 19.3 Å². The van der Waals surface area contributed by atoms with Gasteiger partial charge in [-0.05, 0) is 74.3 Å². The lowest BCUT2D eigenvalue weighted by atomic mass is 9.94. The number of H-pyrrole nitrogens is 2. The summed E-state index contributed by atoms with van der Waals surface area (Å²) in [5.74, 6) is 0.0932. The summed E-state index contributed by atoms with van der Waals surface area (Å²) in [4.78, 5) is 29.9. The summed E-state index contributed by atoms with van der Waals surface area (Å²) >= 11 is 0. The number of hydrogen-bond acceptors (Lipinski definition) is 6. The second kappa shape index (κ2) is 10.5. The normalized spacial score (nSPS) is 14.1. The molecule has 0 saturated carbocycles. The molecule has 4 N–H and O–H groups in total. The Hall–Kier alpha value is -4.96. The Balaban J connectivity index is 1.19. The molecule has 1 aromatic carbocycles. The van der Waals surface area contributed by atoms with Gasteiger partial charge in [0.25, 0.3) is 0 Å². The van der Waals surface area contributed by atoms with Crippen LogP contribution in [0.1, 0.15) is 19.3 Å². The van der Waals surface area contributed by atoms with Crippen LogP contribution in [0, 0.1) is 11.7 Å². The summed E-state index contributed by atoms with van der Waals surface area (Å²) in [5, 5.41) is 14.8. The zero-order valence-electron chi connectivity index (χ0n) is 22.1. The number of nitrogens with one attached hydrogen (secondary N) is 4. The third-order valence-electron chi connectivity index (χ3n) is 7.56. The SMILES string of the molecule is O=C(CC1CCNCC1)Nc1cncc(-c2ccc3[nH]nc(-c4cc5c(-c6cccc(F)c6)nccc5[nH]4)c3n2)c1. The van der Waals surface area contributed by atoms with Gasteiger partial charge in [-0.3, -0.25) is 19.9 Å². The Morgan fingerprint density at radius 3 is 2.76 bits per heavy atom. The minimum Gasteiger partial charge on any atom is -0.353 e. The van der Waals surface area contributed by atoms with Crippen molar-refractivity contribution in [2.75, 3.05) is 18.4 Å². The zero-order chi connectivity index (χ0) is 27.8. The van der Waals surface area contributed by atoms with E-state index in [4.69, 9.17) is 4.98 Å². The summed E-state index contributed by atoms with van der Waals surface area (Å²) in [6, 6.07) is 16.0. The molecular weight excluding hydrogens is 519 g/mol. The molecule has 204 valence electrons. The highest BCUT2D eigenvalue weighted by molar-refractivity contribution is 5.99. The van der Waals surface area contributed by atoms with Gasteiger partial charge in [0.05, 0.1) is 34.5 Å². The highest BCUT2D eigenvalue weighted by Gasteiger charge is 2.18. The first kappa shape index (κ1) is 25.0. The van der Waals surface area contributed by atoms with Gasteiger partial charge in [0, 0.05) is 40.8 Å². The second-order valence-electron chi connectivity index (χ2n) is 10.4. The number of amides is 1. The smallest absolute Gasteiger partial charge is 0.224 e. The topological polar surface area (TPSA) is 124 Å². The van der Waals surface area contributed by atoms with Gasteiger partial charge < -0.3 is 15.6 Å². The van der Waals surface area contributed by atoms with E-state index in [0.29, 0.717) is 46.2 Å². The molecule has 9 nitrogen and oxygen atoms in total. The molecule has 41 heavy (non-hydrogen) atoms. The summed E-state index contributed by atoms with van der Waals surface area (Å²) in [5.41, 5.74) is 7.27. The Labute approximate surface area is 234 Å². The van der Waals surface area contributed by atoms with Crippen LogP contribution in [0.2, 0.25) is 0 Å². The van der Waals surface area contributed by atoms with Crippen LogP contribution in [0.4, 0.5) is 10.1 Å². The number of aromatic nitrogens is 6. The number of rotatable bonds is 6. The molecule has 0 aliphatic carbocycles. The number of carbonyl (C=O) groups is 1. The van der Waals surface area contributed by atoms with Crippen LogP contribution < -0.4 is 10.6 Å². The number of aromatic amines is 2. The van der Waals surface area contributed by atoms with Crippen molar-refractivity contribution in [1.29, 1.82) is 0 Å². The van der Waals surface area contributed by atoms with E-state index in [9.17, 15) is 9.18 Å². The van der Waals surface area contributed by atoms with Crippen molar-refractivity contribution in [1.82, 2.24) is 35.5 Å². The molecule has 0 unspecified atom stereocenters. The van der Waals surface area contributed by atoms with Crippen molar-refractivity contribution >= 4 is 33.5 Å². The number of pyridine rings is 3. The highest BCUT2D eigenvalue weighted by Crippen LogP contribution is 2.33. The Kier molecular flexibility index (Phi) is 6.44. The minimum atomic E-state index is -0.313. The van der Waals surface area contributed by atoms with Gasteiger partial charge in [-0.15, -0.1) is 0 Å². The first-order valence-corrected chi connectivity index (χ1v) is 13.7. The van der Waals surface area contributed by atoms with E-state index in [0.717, 1.165) is 53.6 Å². The fourth-order valence-corrected chi connectivity index (χ4v) is 5.50. The molecule has 0 radical (unpaired) electrons. The molecule has 10 heteroatoms. The van der Waals surface area contributed by atoms with E-state index in [1.54, 1.807) is 24.7 Å². The van der Waals surface area contributed by atoms with Crippen LogP contribution in [0.5, 0.6) is 0 Å². The van der Waals surface area contributed by atoms with Crippen molar-refractivity contribution in [3.8, 4) is 33.9 Å². The van der Waals surface area contributed by atoms with Crippen molar-refractivity contribution in [3.05, 3.63) is 79.0 Å². The van der Waals surface area contributed by atoms with Gasteiger partial charge in [0.15, 0.2) is 0 Å². The van der Waals surface area contributed by atoms with Gasteiger partial charge in [-0.25, -0.2) is 9.37 Å². The van der Waals surface area contributed by atoms with Gasteiger partial charge >= 0.3 is 0 Å². The average Bonchev–Trinajstić information content (AvgIpc) is 3.61. The number of benzene rings is 1. The number of halogens is 1. The molecule has 1 amide bonds. The third-order valence-corrected chi connectivity index (χ3v) is 7.56. The maximum Gasteiger partial charge on any atom is 0.224 e. The molecule has 1 aliphatic rings. The van der Waals surface area contributed by atoms with Gasteiger partial charge in [0.2, 0.25) is 5.91 Å². The number of carbonyl (C=O) groups excluding carboxylic acids is 1. The molecule has 6 heterocycles. The lowest BCUT2D eigenvalue weighted by Gasteiger charge is -2.21. The highest BCUT2D eigenvalue weighted by atomic mass is 19.1. The van der Waals surface area contributed by atoms with E-state index < -0.39 is 0 Å². The maximum absolute atomic E-state index is 13.9. The summed E-state index contributed by atoms with van der Waals surface area (Å²) in [6.45, 7) is 1.92. The fraction of sp³-hybridized carbons (Fsp3) is 0.194. The van der Waals surface area contributed by atoms with Crippen LogP contribution in [0.15, 0.2) is 73.2 Å². The van der Waals surface area contributed by atoms with Crippen molar-refractivity contribution in [2.24, 2.45) is 5.92 Å². The van der Waals surface area contributed by atoms with Gasteiger partial charge in [0.1, 0.15) is 17.0 Å². The Morgan fingerprint density at radius 1 is 0.976 bits per heavy atom. The summed E-state index contributed by atoms with van der Waals surface area (Å²) in [6.07, 6.45) is 7.63. The van der Waals surface area contributed by atoms with E-state index in [2.05, 4.69) is 35.8 Å². The lowest BCUT2D eigenvalue weighted by molar-refractivity contribution is -0.117. The second-order valence-corrected chi connectivity index (χ2v) is 10.4. The van der Waals surface area contributed by atoms with Gasteiger partial charge in [-0.2, -0.15) is 5.10 Å². The lowest BCUT2D eigenvalue weighted by Crippen LogP contribution is -2.30. The van der Waals surface area contributed by atoms with Gasteiger partial charge in [-0.1, -0.05) is 12.1 Å². The van der Waals surface area contributed by atoms with Crippen LogP contribution in [-0.2, 0) is 4.79 Å². The Bertz CT molecular complexity index is 1890. The number of anilines is 1. The minimum absolute atomic E-state index is 0.00212. The summed E-state index contributed by atoms with van der Waals surface area (Å²) in [7, 11) is 0. The molecule has 7 rings (SSSR count). The maximum atomic E-state index is 13.9. The van der Waals surface area contributed by atoms with Crippen LogP contribution in [0.25, 0.3) is 55.8 Å². The third kappa shape index (κ3) is 5.05. The van der Waals surface area contributed by atoms with E-state index >= 15 is 0 Å². The number of nitrogens with zero attached hydrogens (tertiary/aromatic N) is 4. The fourth-order valence-electron chi connectivity index (χ4n) is 5.50. The largest absolute Gasteiger partial charge is 0.353 e. The van der Waals surface area contributed by atoms with E-state index in [1.165, 1.54) is 12.1 Å². The van der Waals surface area contributed by atoms with Crippen molar-refractivity contribution in [3.63, 3.8) is 0 Å². The zero-order valence-corrected chi connectivity index (χ0v) is 22.1. The van der Waals surface area contributed by atoms with Crippen molar-refractivity contribution < 1.29 is 9.18 Å². The predicted octanol–water partition coefficient (Wildman–Crippen LogP) is 5.70. The standard InChI is InChI=1S/C31H27FN8O/c32-21-3-1-2-19(13-21)29-23-15-27(37-25(23)8-11-35-29)31-30-26(39-40-31)5-4-24(38-30)20-14-22(17-34-16-20)36-28(41)12-18-6-9-33-10-7-18/h1-5,8,11,13-18,33,37H,6-7,9-10,12H2,(H,36,41)(H,39,40). The molecule has 1 saturated heterocycles. The van der Waals surface area contributed by atoms with E-state index in [-0.39, 0.29) is 11.7 Å². The predicted molar refractivity (Wildman–Crippen MR) is 156 cm³/mol. The molecule has 1 aliphatic heterocycles. The molecule has 0 bridgehead atoms. The molecule has 0 spiro atoms. The summed E-state index contributed by atoms with van der Waals surface area (Å²) < 4.78 is 13.9. The molecule has 1 fully saturated rings. The molecule has 0 atom stereocenters. The average molecular weight is 547 g/mol. The van der Waals surface area contributed by atoms with E-state index in [1.807, 2.05) is 36.4 Å². The van der Waals surface area contributed by atoms with Crippen LogP contribution >= 0.6 is 0 Å². The van der Waals surface area contributed by atoms with Crippen LogP contribution in [-0.4, -0.2) is 49.1 Å². The quantitative estimate of drug-likeness (QED) is 0.213. The first-order chi connectivity index (χ1) is 20.1. The first-order valence-electron chi connectivity index (χ1n) is 13.7. The molecular formula is C31H27FN8O. The number of piperidine rings is 1. The Morgan fingerprint density at radius 2 is 1.88 bits per heavy atom. The monoisotopic (exact) mass is 546 g/mol. The van der Waals surface area contributed by atoms with Crippen LogP contribution in [0.3, 0.4) is 0 Å².